The van der Waals surface area contributed by atoms with Gasteiger partial charge in [-0.15, -0.1) is 0 Å². The fourth-order valence-corrected chi connectivity index (χ4v) is 4.65. The van der Waals surface area contributed by atoms with Crippen molar-refractivity contribution in [2.75, 3.05) is 43.7 Å². The van der Waals surface area contributed by atoms with Crippen LogP contribution >= 0.6 is 23.2 Å². The van der Waals surface area contributed by atoms with Crippen LogP contribution in [0.15, 0.2) is 53.4 Å². The van der Waals surface area contributed by atoms with Gasteiger partial charge in [0.05, 0.1) is 33.8 Å². The van der Waals surface area contributed by atoms with Crippen molar-refractivity contribution in [2.24, 2.45) is 0 Å². The van der Waals surface area contributed by atoms with E-state index >= 15 is 0 Å². The van der Waals surface area contributed by atoms with Gasteiger partial charge in [-0.3, -0.25) is 9.21 Å². The second-order valence-corrected chi connectivity index (χ2v) is 8.62. The predicted molar refractivity (Wildman–Crippen MR) is 105 cm³/mol. The summed E-state index contributed by atoms with van der Waals surface area (Å²) in [4.78, 5) is 2.32. The third-order valence-corrected chi connectivity index (χ3v) is 6.81. The van der Waals surface area contributed by atoms with Gasteiger partial charge in [0.15, 0.2) is 0 Å². The number of nitrogens with zero attached hydrogens (tertiary/aromatic N) is 2. The molecular weight excluding hydrogens is 395 g/mol. The van der Waals surface area contributed by atoms with Crippen LogP contribution in [0.2, 0.25) is 10.0 Å². The molecule has 8 heteroatoms. The van der Waals surface area contributed by atoms with Gasteiger partial charge in [-0.05, 0) is 30.3 Å². The lowest BCUT2D eigenvalue weighted by Gasteiger charge is -2.30. The summed E-state index contributed by atoms with van der Waals surface area (Å²) >= 11 is 12.0. The van der Waals surface area contributed by atoms with Crippen LogP contribution in [-0.4, -0.2) is 52.7 Å². The van der Waals surface area contributed by atoms with E-state index in [9.17, 15) is 8.42 Å². The van der Waals surface area contributed by atoms with Crippen LogP contribution in [-0.2, 0) is 14.8 Å². The summed E-state index contributed by atoms with van der Waals surface area (Å²) in [5, 5.41) is 0.541. The minimum absolute atomic E-state index is 0.123. The molecule has 0 atom stereocenters. The van der Waals surface area contributed by atoms with Crippen LogP contribution in [0, 0.1) is 0 Å². The molecule has 1 saturated heterocycles. The van der Waals surface area contributed by atoms with Gasteiger partial charge in [0.2, 0.25) is 0 Å². The molecule has 1 heterocycles. The number of benzene rings is 2. The van der Waals surface area contributed by atoms with Crippen molar-refractivity contribution in [3.63, 3.8) is 0 Å². The summed E-state index contributed by atoms with van der Waals surface area (Å²) in [6, 6.07) is 13.4. The molecule has 0 aromatic heterocycles. The van der Waals surface area contributed by atoms with E-state index in [1.807, 2.05) is 18.2 Å². The van der Waals surface area contributed by atoms with Crippen LogP contribution in [0.25, 0.3) is 0 Å². The van der Waals surface area contributed by atoms with Crippen LogP contribution in [0.4, 0.5) is 5.69 Å². The second-order valence-electron chi connectivity index (χ2n) is 5.94. The van der Waals surface area contributed by atoms with Crippen molar-refractivity contribution in [3.05, 3.63) is 58.6 Å². The quantitative estimate of drug-likeness (QED) is 0.725. The molecule has 2 aromatic rings. The SMILES string of the molecule is O=S(=O)(c1ccc(Cl)c(Cl)c1)N(CCN1CCOCC1)c1ccccc1. The van der Waals surface area contributed by atoms with E-state index < -0.39 is 10.0 Å². The Labute approximate surface area is 164 Å². The Morgan fingerprint density at radius 3 is 2.35 bits per heavy atom. The van der Waals surface area contributed by atoms with E-state index in [-0.39, 0.29) is 9.92 Å². The van der Waals surface area contributed by atoms with E-state index in [2.05, 4.69) is 4.90 Å². The summed E-state index contributed by atoms with van der Waals surface area (Å²) in [5.74, 6) is 0. The van der Waals surface area contributed by atoms with E-state index in [1.165, 1.54) is 22.5 Å². The highest BCUT2D eigenvalue weighted by molar-refractivity contribution is 7.92. The monoisotopic (exact) mass is 414 g/mol. The molecule has 0 unspecified atom stereocenters. The highest BCUT2D eigenvalue weighted by atomic mass is 35.5. The van der Waals surface area contributed by atoms with Gasteiger partial charge in [-0.25, -0.2) is 8.42 Å². The molecule has 5 nitrogen and oxygen atoms in total. The van der Waals surface area contributed by atoms with Crippen molar-refractivity contribution >= 4 is 38.9 Å². The summed E-state index contributed by atoms with van der Waals surface area (Å²) in [7, 11) is -3.76. The molecule has 0 saturated carbocycles. The van der Waals surface area contributed by atoms with Gasteiger partial charge in [0, 0.05) is 26.2 Å². The molecule has 1 aliphatic heterocycles. The van der Waals surface area contributed by atoms with Crippen molar-refractivity contribution in [1.82, 2.24) is 4.90 Å². The van der Waals surface area contributed by atoms with Crippen molar-refractivity contribution in [2.45, 2.75) is 4.90 Å². The third kappa shape index (κ3) is 4.50. The van der Waals surface area contributed by atoms with Crippen molar-refractivity contribution < 1.29 is 13.2 Å². The number of anilines is 1. The zero-order valence-corrected chi connectivity index (χ0v) is 16.5. The fraction of sp³-hybridized carbons (Fsp3) is 0.333. The molecule has 0 amide bonds. The largest absolute Gasteiger partial charge is 0.379 e. The zero-order valence-electron chi connectivity index (χ0n) is 14.1. The molecule has 140 valence electrons. The molecule has 1 fully saturated rings. The number of hydrogen-bond donors (Lipinski definition) is 0. The van der Waals surface area contributed by atoms with E-state index in [1.54, 1.807) is 12.1 Å². The molecule has 3 rings (SSSR count). The maximum absolute atomic E-state index is 13.3. The van der Waals surface area contributed by atoms with Gasteiger partial charge in [0.25, 0.3) is 10.0 Å². The third-order valence-electron chi connectivity index (χ3n) is 4.25. The molecule has 0 spiro atoms. The number of sulfonamides is 1. The Kier molecular flexibility index (Phi) is 6.42. The van der Waals surface area contributed by atoms with Gasteiger partial charge in [-0.1, -0.05) is 41.4 Å². The van der Waals surface area contributed by atoms with E-state index in [0.717, 1.165) is 13.1 Å². The molecule has 0 N–H and O–H groups in total. The first-order chi connectivity index (χ1) is 12.5. The van der Waals surface area contributed by atoms with Crippen LogP contribution < -0.4 is 4.31 Å². The highest BCUT2D eigenvalue weighted by Gasteiger charge is 2.26. The molecule has 0 aliphatic carbocycles. The number of para-hydroxylation sites is 1. The van der Waals surface area contributed by atoms with Gasteiger partial charge in [-0.2, -0.15) is 0 Å². The highest BCUT2D eigenvalue weighted by Crippen LogP contribution is 2.29. The van der Waals surface area contributed by atoms with E-state index in [4.69, 9.17) is 27.9 Å². The van der Waals surface area contributed by atoms with Crippen LogP contribution in [0.1, 0.15) is 0 Å². The average molecular weight is 415 g/mol. The minimum atomic E-state index is -3.76. The Morgan fingerprint density at radius 1 is 1.00 bits per heavy atom. The Morgan fingerprint density at radius 2 is 1.69 bits per heavy atom. The summed E-state index contributed by atoms with van der Waals surface area (Å²) in [6.07, 6.45) is 0. The Hall–Kier alpha value is -1.31. The number of rotatable bonds is 6. The number of morpholine rings is 1. The summed E-state index contributed by atoms with van der Waals surface area (Å²) in [6.45, 7) is 3.91. The van der Waals surface area contributed by atoms with E-state index in [0.29, 0.717) is 37.0 Å². The first-order valence-corrected chi connectivity index (χ1v) is 10.5. The lowest BCUT2D eigenvalue weighted by molar-refractivity contribution is 0.0395. The molecule has 2 aromatic carbocycles. The van der Waals surface area contributed by atoms with Gasteiger partial charge < -0.3 is 4.74 Å². The smallest absolute Gasteiger partial charge is 0.264 e. The molecule has 0 radical (unpaired) electrons. The minimum Gasteiger partial charge on any atom is -0.379 e. The molecule has 0 bridgehead atoms. The standard InChI is InChI=1S/C18H20Cl2N2O3S/c19-17-7-6-16(14-18(17)20)26(23,24)22(15-4-2-1-3-5-15)9-8-21-10-12-25-13-11-21/h1-7,14H,8-13H2. The Bertz CT molecular complexity index is 841. The maximum Gasteiger partial charge on any atom is 0.264 e. The number of ether oxygens (including phenoxy) is 1. The molecule has 1 aliphatic rings. The predicted octanol–water partition coefficient (Wildman–Crippen LogP) is 3.52. The maximum atomic E-state index is 13.3. The van der Waals surface area contributed by atoms with Crippen LogP contribution in [0.5, 0.6) is 0 Å². The topological polar surface area (TPSA) is 49.9 Å². The van der Waals surface area contributed by atoms with Crippen molar-refractivity contribution in [3.8, 4) is 0 Å². The fourth-order valence-electron chi connectivity index (χ4n) is 2.80. The number of hydrogen-bond acceptors (Lipinski definition) is 4. The first-order valence-electron chi connectivity index (χ1n) is 8.31. The lowest BCUT2D eigenvalue weighted by Crippen LogP contribution is -2.43. The zero-order chi connectivity index (χ0) is 18.6. The summed E-state index contributed by atoms with van der Waals surface area (Å²) in [5.41, 5.74) is 0.617. The first kappa shape index (κ1) is 19.5. The van der Waals surface area contributed by atoms with Gasteiger partial charge in [0.1, 0.15) is 0 Å². The normalized spacial score (nSPS) is 15.8. The lowest BCUT2D eigenvalue weighted by atomic mass is 10.3. The van der Waals surface area contributed by atoms with Crippen molar-refractivity contribution in [1.29, 1.82) is 0 Å². The number of halogens is 2. The van der Waals surface area contributed by atoms with Gasteiger partial charge >= 0.3 is 0 Å². The molecule has 26 heavy (non-hydrogen) atoms. The summed E-state index contributed by atoms with van der Waals surface area (Å²) < 4.78 is 33.3. The second kappa shape index (κ2) is 8.59. The average Bonchev–Trinajstić information content (AvgIpc) is 2.65. The van der Waals surface area contributed by atoms with Crippen LogP contribution in [0.3, 0.4) is 0 Å². The molecular formula is C18H20Cl2N2O3S. The Balaban J connectivity index is 1.89.